The van der Waals surface area contributed by atoms with Crippen LogP contribution in [0, 0.1) is 5.82 Å². The van der Waals surface area contributed by atoms with Crippen LogP contribution in [0.3, 0.4) is 0 Å². The van der Waals surface area contributed by atoms with Gasteiger partial charge in [-0.3, -0.25) is 4.79 Å². The molecule has 3 heterocycles. The number of anilines is 2. The molecule has 41 heavy (non-hydrogen) atoms. The van der Waals surface area contributed by atoms with Gasteiger partial charge in [0.05, 0.1) is 12.3 Å². The molecule has 0 unspecified atom stereocenters. The van der Waals surface area contributed by atoms with Gasteiger partial charge in [0.15, 0.2) is 5.16 Å². The first-order chi connectivity index (χ1) is 19.9. The average Bonchev–Trinajstić information content (AvgIpc) is 3.00. The lowest BCUT2D eigenvalue weighted by molar-refractivity contribution is 0.0570. The zero-order valence-electron chi connectivity index (χ0n) is 22.8. The van der Waals surface area contributed by atoms with Crippen molar-refractivity contribution in [2.24, 2.45) is 0 Å². The molecule has 5 rings (SSSR count). The van der Waals surface area contributed by atoms with Crippen molar-refractivity contribution >= 4 is 46.9 Å². The molecule has 216 valence electrons. The Kier molecular flexibility index (Phi) is 9.45. The number of amides is 2. The third-order valence-corrected chi connectivity index (χ3v) is 8.23. The Morgan fingerprint density at radius 1 is 0.902 bits per heavy atom. The van der Waals surface area contributed by atoms with E-state index >= 15 is 0 Å². The topological polar surface area (TPSA) is 82.1 Å². The van der Waals surface area contributed by atoms with Crippen molar-refractivity contribution in [3.8, 4) is 0 Å². The maximum Gasteiger partial charge on any atom is 0.409 e. The van der Waals surface area contributed by atoms with Crippen LogP contribution in [0.15, 0.2) is 59.8 Å². The largest absolute Gasteiger partial charge is 0.450 e. The summed E-state index contributed by atoms with van der Waals surface area (Å²) in [5.41, 5.74) is 2.26. The van der Waals surface area contributed by atoms with Gasteiger partial charge in [-0.05, 0) is 36.8 Å². The summed E-state index contributed by atoms with van der Waals surface area (Å²) in [7, 11) is 0. The number of halogens is 2. The third-order valence-electron chi connectivity index (χ3n) is 7.12. The van der Waals surface area contributed by atoms with Gasteiger partial charge in [0.1, 0.15) is 16.8 Å². The number of hydrogen-bond donors (Lipinski definition) is 0. The summed E-state index contributed by atoms with van der Waals surface area (Å²) in [6, 6.07) is 16.1. The number of thioether (sulfide) groups is 1. The van der Waals surface area contributed by atoms with Gasteiger partial charge in [-0.2, -0.15) is 0 Å². The summed E-state index contributed by atoms with van der Waals surface area (Å²) < 4.78 is 19.2. The van der Waals surface area contributed by atoms with Crippen LogP contribution in [0.2, 0.25) is 5.15 Å². The van der Waals surface area contributed by atoms with E-state index < -0.39 is 0 Å². The number of hydrogen-bond acceptors (Lipinski definition) is 8. The fourth-order valence-electron chi connectivity index (χ4n) is 4.88. The molecule has 3 aromatic rings. The Morgan fingerprint density at radius 2 is 1.56 bits per heavy atom. The predicted molar refractivity (Wildman–Crippen MR) is 158 cm³/mol. The number of rotatable bonds is 7. The maximum atomic E-state index is 14.2. The predicted octanol–water partition coefficient (Wildman–Crippen LogP) is 4.80. The van der Waals surface area contributed by atoms with Crippen LogP contribution in [0.25, 0.3) is 0 Å². The van der Waals surface area contributed by atoms with Gasteiger partial charge in [-0.1, -0.05) is 47.6 Å². The SMILES string of the molecule is CCOC(=O)N1CCN(C(=O)c2ccc(CSc3nc(Cl)cc(N4CCN(c5ccccc5F)CC4)n3)cc2)CC1. The van der Waals surface area contributed by atoms with Crippen molar-refractivity contribution < 1.29 is 18.7 Å². The monoisotopic (exact) mass is 598 g/mol. The summed E-state index contributed by atoms with van der Waals surface area (Å²) in [5.74, 6) is 1.11. The van der Waals surface area contributed by atoms with E-state index in [0.29, 0.717) is 86.3 Å². The summed E-state index contributed by atoms with van der Waals surface area (Å²) in [5, 5.41) is 0.946. The molecule has 9 nitrogen and oxygen atoms in total. The van der Waals surface area contributed by atoms with E-state index in [1.54, 1.807) is 34.9 Å². The van der Waals surface area contributed by atoms with Crippen molar-refractivity contribution in [2.45, 2.75) is 17.8 Å². The minimum Gasteiger partial charge on any atom is -0.450 e. The van der Waals surface area contributed by atoms with Gasteiger partial charge in [-0.25, -0.2) is 19.2 Å². The first-order valence-corrected chi connectivity index (χ1v) is 15.0. The molecule has 0 radical (unpaired) electrons. The highest BCUT2D eigenvalue weighted by atomic mass is 35.5. The second-order valence-electron chi connectivity index (χ2n) is 9.72. The highest BCUT2D eigenvalue weighted by Crippen LogP contribution is 2.27. The van der Waals surface area contributed by atoms with Gasteiger partial charge in [0, 0.05) is 69.7 Å². The number of para-hydroxylation sites is 1. The van der Waals surface area contributed by atoms with E-state index in [0.717, 1.165) is 11.4 Å². The lowest BCUT2D eigenvalue weighted by atomic mass is 10.1. The summed E-state index contributed by atoms with van der Waals surface area (Å²) >= 11 is 7.82. The molecule has 0 bridgehead atoms. The van der Waals surface area contributed by atoms with Gasteiger partial charge >= 0.3 is 6.09 Å². The van der Waals surface area contributed by atoms with E-state index in [-0.39, 0.29) is 17.8 Å². The van der Waals surface area contributed by atoms with E-state index in [4.69, 9.17) is 21.3 Å². The van der Waals surface area contributed by atoms with Gasteiger partial charge in [-0.15, -0.1) is 0 Å². The van der Waals surface area contributed by atoms with E-state index in [1.807, 2.05) is 35.2 Å². The average molecular weight is 599 g/mol. The Labute approximate surface area is 248 Å². The molecule has 0 N–H and O–H groups in total. The van der Waals surface area contributed by atoms with Crippen molar-refractivity contribution in [3.63, 3.8) is 0 Å². The lowest BCUT2D eigenvalue weighted by Crippen LogP contribution is -2.50. The Morgan fingerprint density at radius 3 is 2.24 bits per heavy atom. The number of carbonyl (C=O) groups excluding carboxylic acids is 2. The molecule has 12 heteroatoms. The number of carbonyl (C=O) groups is 2. The molecule has 2 saturated heterocycles. The van der Waals surface area contributed by atoms with Crippen molar-refractivity contribution in [3.05, 3.63) is 76.7 Å². The summed E-state index contributed by atoms with van der Waals surface area (Å²) in [6.07, 6.45) is -0.334. The van der Waals surface area contributed by atoms with Gasteiger partial charge in [0.2, 0.25) is 0 Å². The van der Waals surface area contributed by atoms with Crippen LogP contribution >= 0.6 is 23.4 Å². The lowest BCUT2D eigenvalue weighted by Gasteiger charge is -2.36. The third kappa shape index (κ3) is 7.20. The Bertz CT molecular complexity index is 1360. The maximum absolute atomic E-state index is 14.2. The molecule has 2 aliphatic heterocycles. The molecule has 2 aromatic carbocycles. The van der Waals surface area contributed by atoms with E-state index in [2.05, 4.69) is 9.88 Å². The molecule has 2 amide bonds. The van der Waals surface area contributed by atoms with Crippen molar-refractivity contribution in [1.29, 1.82) is 0 Å². The second-order valence-corrected chi connectivity index (χ2v) is 11.1. The van der Waals surface area contributed by atoms with Crippen LogP contribution in [0.4, 0.5) is 20.7 Å². The first-order valence-electron chi connectivity index (χ1n) is 13.6. The number of piperazine rings is 2. The van der Waals surface area contributed by atoms with Gasteiger partial charge < -0.3 is 24.3 Å². The fraction of sp³-hybridized carbons (Fsp3) is 0.379. The second kappa shape index (κ2) is 13.4. The quantitative estimate of drug-likeness (QED) is 0.218. The standard InChI is InChI=1S/C29H32ClFN6O3S/c1-2-40-29(39)37-17-15-36(16-18-37)27(38)22-9-7-21(8-10-22)20-41-28-32-25(30)19-26(33-28)35-13-11-34(12-14-35)24-6-4-3-5-23(24)31/h3-10,19H,2,11-18,20H2,1H3. The smallest absolute Gasteiger partial charge is 0.409 e. The molecule has 0 atom stereocenters. The molecule has 1 aromatic heterocycles. The summed E-state index contributed by atoms with van der Waals surface area (Å²) in [6.45, 7) is 6.73. The van der Waals surface area contributed by atoms with Crippen LogP contribution < -0.4 is 9.80 Å². The Hall–Kier alpha value is -3.57. The van der Waals surface area contributed by atoms with E-state index in [1.165, 1.54) is 17.8 Å². The van der Waals surface area contributed by atoms with Gasteiger partial charge in [0.25, 0.3) is 5.91 Å². The number of aromatic nitrogens is 2. The molecule has 0 spiro atoms. The normalized spacial score (nSPS) is 15.7. The zero-order valence-corrected chi connectivity index (χ0v) is 24.4. The minimum atomic E-state index is -0.334. The van der Waals surface area contributed by atoms with E-state index in [9.17, 15) is 14.0 Å². The number of nitrogens with zero attached hydrogens (tertiary/aromatic N) is 6. The molecule has 2 fully saturated rings. The Balaban J connectivity index is 1.13. The highest BCUT2D eigenvalue weighted by Gasteiger charge is 2.26. The number of benzene rings is 2. The molecule has 2 aliphatic rings. The first kappa shape index (κ1) is 28.9. The van der Waals surface area contributed by atoms with Crippen LogP contribution in [0.1, 0.15) is 22.8 Å². The highest BCUT2D eigenvalue weighted by molar-refractivity contribution is 7.98. The molecule has 0 saturated carbocycles. The summed E-state index contributed by atoms with van der Waals surface area (Å²) in [4.78, 5) is 41.6. The van der Waals surface area contributed by atoms with Crippen molar-refractivity contribution in [2.75, 3.05) is 68.8 Å². The minimum absolute atomic E-state index is 0.0503. The fourth-order valence-corrected chi connectivity index (χ4v) is 5.91. The molecular weight excluding hydrogens is 567 g/mol. The zero-order chi connectivity index (χ0) is 28.8. The van der Waals surface area contributed by atoms with Crippen LogP contribution in [0.5, 0.6) is 0 Å². The van der Waals surface area contributed by atoms with Crippen molar-refractivity contribution in [1.82, 2.24) is 19.8 Å². The molecular formula is C29H32ClFN6O3S. The number of ether oxygens (including phenoxy) is 1. The van der Waals surface area contributed by atoms with Crippen LogP contribution in [-0.4, -0.2) is 90.7 Å². The van der Waals surface area contributed by atoms with Crippen LogP contribution in [-0.2, 0) is 10.5 Å². The molecule has 0 aliphatic carbocycles.